The van der Waals surface area contributed by atoms with E-state index in [4.69, 9.17) is 28.9 Å². The van der Waals surface area contributed by atoms with Crippen LogP contribution in [0.1, 0.15) is 31.2 Å². The minimum atomic E-state index is 0. The average Bonchev–Trinajstić information content (AvgIpc) is 2.79. The topological polar surface area (TPSA) is 58.4 Å². The number of hydrogen-bond acceptors (Lipinski definition) is 4. The van der Waals surface area contributed by atoms with E-state index in [0.717, 1.165) is 25.1 Å². The minimum absolute atomic E-state index is 0. The number of hydrogen-bond donors (Lipinski definition) is 2. The summed E-state index contributed by atoms with van der Waals surface area (Å²) in [6, 6.07) is 0.357. The number of halogens is 3. The molecule has 1 atom stereocenters. The highest BCUT2D eigenvalue weighted by Gasteiger charge is 2.24. The monoisotopic (exact) mass is 385 g/mol. The largest absolute Gasteiger partial charge is 0.354 e. The number of carbonyl (C=O) groups excluding carboxylic acids is 1. The first-order valence-electron chi connectivity index (χ1n) is 7.24. The zero-order valence-electron chi connectivity index (χ0n) is 12.3. The Hall–Kier alpha value is -0.0400. The Bertz CT molecular complexity index is 484. The van der Waals surface area contributed by atoms with Gasteiger partial charge in [0.1, 0.15) is 4.34 Å². The van der Waals surface area contributed by atoms with E-state index in [-0.39, 0.29) is 18.3 Å². The molecule has 3 N–H and O–H groups in total. The molecule has 1 saturated heterocycles. The molecule has 1 aromatic heterocycles. The number of likely N-dealkylation sites (tertiary alicyclic amines) is 1. The first-order valence-corrected chi connectivity index (χ1v) is 8.87. The highest BCUT2D eigenvalue weighted by molar-refractivity contribution is 7.15. The second-order valence-corrected chi connectivity index (χ2v) is 7.17. The summed E-state index contributed by atoms with van der Waals surface area (Å²) in [6.07, 6.45) is 3.87. The quantitative estimate of drug-likeness (QED) is 0.788. The van der Waals surface area contributed by atoms with Crippen molar-refractivity contribution in [2.75, 3.05) is 19.6 Å². The number of nitrogens with one attached hydrogen (secondary N) is 1. The molecular weight excluding hydrogens is 365 g/mol. The highest BCUT2D eigenvalue weighted by Crippen LogP contribution is 2.34. The standard InChI is InChI=1S/C14H21Cl2N3OS.ClH/c15-13-10(9-21-14(13)16)8-19-6-2-1-3-11(19)7-18-12(20)4-5-17;/h9,11H,1-8,17H2,(H,18,20);1H. The van der Waals surface area contributed by atoms with Gasteiger partial charge in [0.15, 0.2) is 0 Å². The molecule has 0 radical (unpaired) electrons. The van der Waals surface area contributed by atoms with Gasteiger partial charge in [-0.2, -0.15) is 0 Å². The molecule has 0 saturated carbocycles. The fraction of sp³-hybridized carbons (Fsp3) is 0.643. The van der Waals surface area contributed by atoms with Gasteiger partial charge in [-0.25, -0.2) is 0 Å². The molecule has 2 rings (SSSR count). The van der Waals surface area contributed by atoms with E-state index in [1.165, 1.54) is 24.2 Å². The van der Waals surface area contributed by atoms with Gasteiger partial charge in [-0.1, -0.05) is 29.6 Å². The summed E-state index contributed by atoms with van der Waals surface area (Å²) in [7, 11) is 0. The van der Waals surface area contributed by atoms with Gasteiger partial charge in [0, 0.05) is 32.1 Å². The molecule has 1 amide bonds. The van der Waals surface area contributed by atoms with E-state index in [1.807, 2.05) is 5.38 Å². The van der Waals surface area contributed by atoms with Crippen LogP contribution in [-0.4, -0.2) is 36.5 Å². The Balaban J connectivity index is 0.00000242. The van der Waals surface area contributed by atoms with Gasteiger partial charge in [-0.3, -0.25) is 9.69 Å². The summed E-state index contributed by atoms with van der Waals surface area (Å²) in [5.41, 5.74) is 6.47. The summed E-state index contributed by atoms with van der Waals surface area (Å²) in [5.74, 6) is 0.0274. The van der Waals surface area contributed by atoms with Crippen molar-refractivity contribution < 1.29 is 4.79 Å². The molecule has 4 nitrogen and oxygen atoms in total. The van der Waals surface area contributed by atoms with E-state index < -0.39 is 0 Å². The van der Waals surface area contributed by atoms with Crippen LogP contribution in [0.25, 0.3) is 0 Å². The summed E-state index contributed by atoms with van der Waals surface area (Å²) in [5, 5.41) is 5.65. The predicted molar refractivity (Wildman–Crippen MR) is 96.3 cm³/mol. The molecule has 126 valence electrons. The molecule has 8 heteroatoms. The van der Waals surface area contributed by atoms with Gasteiger partial charge in [-0.05, 0) is 30.3 Å². The molecule has 1 unspecified atom stereocenters. The average molecular weight is 387 g/mol. The number of nitrogens with two attached hydrogens (primary N) is 1. The smallest absolute Gasteiger partial charge is 0.221 e. The summed E-state index contributed by atoms with van der Waals surface area (Å²) in [6.45, 7) is 2.89. The SMILES string of the molecule is Cl.NCCC(=O)NCC1CCCCN1Cc1csc(Cl)c1Cl. The van der Waals surface area contributed by atoms with E-state index in [1.54, 1.807) is 0 Å². The fourth-order valence-corrected chi connectivity index (χ4v) is 3.87. The minimum Gasteiger partial charge on any atom is -0.354 e. The molecule has 1 aliphatic heterocycles. The van der Waals surface area contributed by atoms with Crippen LogP contribution in [0.4, 0.5) is 0 Å². The van der Waals surface area contributed by atoms with Crippen molar-refractivity contribution in [3.05, 3.63) is 20.3 Å². The van der Waals surface area contributed by atoms with Crippen LogP contribution in [0, 0.1) is 0 Å². The lowest BCUT2D eigenvalue weighted by Gasteiger charge is -2.35. The number of nitrogens with zero attached hydrogens (tertiary/aromatic N) is 1. The van der Waals surface area contributed by atoms with Crippen LogP contribution in [0.15, 0.2) is 5.38 Å². The Morgan fingerprint density at radius 2 is 2.23 bits per heavy atom. The Morgan fingerprint density at radius 1 is 1.45 bits per heavy atom. The lowest BCUT2D eigenvalue weighted by molar-refractivity contribution is -0.121. The van der Waals surface area contributed by atoms with Crippen LogP contribution in [0.5, 0.6) is 0 Å². The maximum absolute atomic E-state index is 11.6. The van der Waals surface area contributed by atoms with E-state index in [9.17, 15) is 4.79 Å². The second kappa shape index (κ2) is 9.96. The molecule has 22 heavy (non-hydrogen) atoms. The third-order valence-electron chi connectivity index (χ3n) is 3.79. The normalized spacial score (nSPS) is 18.8. The third-order valence-corrected chi connectivity index (χ3v) is 5.70. The van der Waals surface area contributed by atoms with Crippen LogP contribution in [0.2, 0.25) is 9.36 Å². The first kappa shape index (κ1) is 20.0. The van der Waals surface area contributed by atoms with E-state index in [0.29, 0.717) is 34.9 Å². The summed E-state index contributed by atoms with van der Waals surface area (Å²) >= 11 is 13.7. The number of carbonyl (C=O) groups is 1. The first-order chi connectivity index (χ1) is 10.1. The van der Waals surface area contributed by atoms with Crippen molar-refractivity contribution in [3.8, 4) is 0 Å². The molecule has 0 spiro atoms. The van der Waals surface area contributed by atoms with Crippen molar-refractivity contribution in [1.82, 2.24) is 10.2 Å². The lowest BCUT2D eigenvalue weighted by Crippen LogP contribution is -2.46. The van der Waals surface area contributed by atoms with Crippen molar-refractivity contribution in [1.29, 1.82) is 0 Å². The molecular formula is C14H22Cl3N3OS. The molecule has 1 aromatic rings. The van der Waals surface area contributed by atoms with Crippen LogP contribution < -0.4 is 11.1 Å². The molecule has 0 aliphatic carbocycles. The number of rotatable bonds is 6. The Labute approximate surface area is 151 Å². The predicted octanol–water partition coefficient (Wildman–Crippen LogP) is 3.30. The van der Waals surface area contributed by atoms with Crippen molar-refractivity contribution >= 4 is 52.9 Å². The van der Waals surface area contributed by atoms with Crippen LogP contribution in [0.3, 0.4) is 0 Å². The molecule has 2 heterocycles. The summed E-state index contributed by atoms with van der Waals surface area (Å²) in [4.78, 5) is 13.9. The van der Waals surface area contributed by atoms with E-state index >= 15 is 0 Å². The summed E-state index contributed by atoms with van der Waals surface area (Å²) < 4.78 is 0.650. The number of amides is 1. The van der Waals surface area contributed by atoms with Gasteiger partial charge >= 0.3 is 0 Å². The second-order valence-electron chi connectivity index (χ2n) is 5.31. The third kappa shape index (κ3) is 5.55. The molecule has 0 aromatic carbocycles. The fourth-order valence-electron chi connectivity index (χ4n) is 2.63. The number of thiophene rings is 1. The van der Waals surface area contributed by atoms with Gasteiger partial charge in [0.05, 0.1) is 5.02 Å². The van der Waals surface area contributed by atoms with Crippen LogP contribution >= 0.6 is 46.9 Å². The highest BCUT2D eigenvalue weighted by atomic mass is 35.5. The maximum Gasteiger partial charge on any atom is 0.221 e. The van der Waals surface area contributed by atoms with Gasteiger partial charge in [-0.15, -0.1) is 23.7 Å². The molecule has 1 aliphatic rings. The maximum atomic E-state index is 11.6. The van der Waals surface area contributed by atoms with Gasteiger partial charge < -0.3 is 11.1 Å². The van der Waals surface area contributed by atoms with Crippen molar-refractivity contribution in [2.24, 2.45) is 5.73 Å². The zero-order chi connectivity index (χ0) is 15.2. The van der Waals surface area contributed by atoms with Gasteiger partial charge in [0.25, 0.3) is 0 Å². The molecule has 1 fully saturated rings. The Kier molecular flexibility index (Phi) is 9.05. The molecule has 0 bridgehead atoms. The van der Waals surface area contributed by atoms with E-state index in [2.05, 4.69) is 10.2 Å². The van der Waals surface area contributed by atoms with Crippen molar-refractivity contribution in [2.45, 2.75) is 38.3 Å². The van der Waals surface area contributed by atoms with Crippen molar-refractivity contribution in [3.63, 3.8) is 0 Å². The zero-order valence-corrected chi connectivity index (χ0v) is 15.5. The Morgan fingerprint density at radius 3 is 2.86 bits per heavy atom. The van der Waals surface area contributed by atoms with Crippen LogP contribution in [-0.2, 0) is 11.3 Å². The van der Waals surface area contributed by atoms with Gasteiger partial charge in [0.2, 0.25) is 5.91 Å². The lowest BCUT2D eigenvalue weighted by atomic mass is 10.0. The number of piperidine rings is 1.